The third-order valence-electron chi connectivity index (χ3n) is 3.63. The van der Waals surface area contributed by atoms with E-state index in [4.69, 9.17) is 5.73 Å². The molecule has 1 aliphatic carbocycles. The van der Waals surface area contributed by atoms with Gasteiger partial charge in [-0.3, -0.25) is 9.59 Å². The summed E-state index contributed by atoms with van der Waals surface area (Å²) in [5.74, 6) is 0.179. The van der Waals surface area contributed by atoms with Crippen molar-refractivity contribution in [3.63, 3.8) is 0 Å². The van der Waals surface area contributed by atoms with Crippen LogP contribution in [0.5, 0.6) is 0 Å². The molecule has 5 heteroatoms. The number of nitrogens with two attached hydrogens (primary N) is 1. The van der Waals surface area contributed by atoms with Crippen molar-refractivity contribution in [2.24, 2.45) is 11.7 Å². The Morgan fingerprint density at radius 3 is 2.53 bits per heavy atom. The van der Waals surface area contributed by atoms with E-state index in [1.165, 1.54) is 12.8 Å². The summed E-state index contributed by atoms with van der Waals surface area (Å²) in [6.07, 6.45) is 3.38. The molecular weight excluding hydrogens is 242 g/mol. The molecule has 100 valence electrons. The average Bonchev–Trinajstić information content (AvgIpc) is 3.14. The van der Waals surface area contributed by atoms with Crippen molar-refractivity contribution in [3.8, 4) is 0 Å². The monoisotopic (exact) mass is 259 g/mol. The number of hydrogen-bond acceptors (Lipinski definition) is 3. The second-order valence-electron chi connectivity index (χ2n) is 5.36. The van der Waals surface area contributed by atoms with Gasteiger partial charge in [0.15, 0.2) is 0 Å². The lowest BCUT2D eigenvalue weighted by molar-refractivity contribution is -0.123. The second kappa shape index (κ2) is 4.66. The molecule has 0 aromatic heterocycles. The molecule has 1 unspecified atom stereocenters. The number of rotatable bonds is 3. The molecule has 1 fully saturated rings. The lowest BCUT2D eigenvalue weighted by Gasteiger charge is -2.14. The van der Waals surface area contributed by atoms with Crippen LogP contribution in [0.25, 0.3) is 0 Å². The van der Waals surface area contributed by atoms with Crippen molar-refractivity contribution in [1.29, 1.82) is 0 Å². The Bertz CT molecular complexity index is 537. The summed E-state index contributed by atoms with van der Waals surface area (Å²) in [6, 6.07) is 5.59. The van der Waals surface area contributed by atoms with Crippen LogP contribution in [0.4, 0.5) is 11.4 Å². The van der Waals surface area contributed by atoms with Gasteiger partial charge in [-0.15, -0.1) is 0 Å². The first kappa shape index (κ1) is 12.2. The zero-order chi connectivity index (χ0) is 13.4. The van der Waals surface area contributed by atoms with E-state index in [-0.39, 0.29) is 24.3 Å². The van der Waals surface area contributed by atoms with Gasteiger partial charge in [0, 0.05) is 6.04 Å². The van der Waals surface area contributed by atoms with Crippen molar-refractivity contribution >= 4 is 23.2 Å². The van der Waals surface area contributed by atoms with Gasteiger partial charge in [-0.1, -0.05) is 18.9 Å². The van der Waals surface area contributed by atoms with Gasteiger partial charge in [0.2, 0.25) is 11.8 Å². The minimum Gasteiger partial charge on any atom is -0.324 e. The number of carbonyl (C=O) groups is 2. The molecule has 1 atom stereocenters. The highest BCUT2D eigenvalue weighted by Gasteiger charge is 2.25. The molecule has 5 nitrogen and oxygen atoms in total. The summed E-state index contributed by atoms with van der Waals surface area (Å²) in [4.78, 5) is 23.0. The summed E-state index contributed by atoms with van der Waals surface area (Å²) in [5, 5.41) is 5.45. The molecule has 0 radical (unpaired) electrons. The second-order valence-corrected chi connectivity index (χ2v) is 5.36. The van der Waals surface area contributed by atoms with Crippen molar-refractivity contribution in [2.45, 2.75) is 31.7 Å². The van der Waals surface area contributed by atoms with Crippen LogP contribution >= 0.6 is 0 Å². The molecule has 1 aromatic rings. The zero-order valence-corrected chi connectivity index (χ0v) is 10.6. The van der Waals surface area contributed by atoms with Crippen molar-refractivity contribution in [2.75, 3.05) is 10.6 Å². The van der Waals surface area contributed by atoms with Gasteiger partial charge in [-0.25, -0.2) is 0 Å². The lowest BCUT2D eigenvalue weighted by atomic mass is 10.0. The van der Waals surface area contributed by atoms with Gasteiger partial charge in [0.25, 0.3) is 0 Å². The Labute approximate surface area is 111 Å². The van der Waals surface area contributed by atoms with Crippen LogP contribution in [0.3, 0.4) is 0 Å². The normalized spacial score (nSPS) is 20.1. The molecule has 0 saturated heterocycles. The topological polar surface area (TPSA) is 84.2 Å². The van der Waals surface area contributed by atoms with E-state index in [0.717, 1.165) is 17.9 Å². The Balaban J connectivity index is 1.85. The van der Waals surface area contributed by atoms with Gasteiger partial charge in [-0.05, 0) is 30.0 Å². The van der Waals surface area contributed by atoms with Crippen LogP contribution < -0.4 is 16.4 Å². The largest absolute Gasteiger partial charge is 0.324 e. The van der Waals surface area contributed by atoms with E-state index in [0.29, 0.717) is 11.4 Å². The molecule has 1 aromatic carbocycles. The first-order valence-electron chi connectivity index (χ1n) is 6.61. The Morgan fingerprint density at radius 2 is 1.84 bits per heavy atom. The minimum atomic E-state index is -0.288. The van der Waals surface area contributed by atoms with Crippen molar-refractivity contribution < 1.29 is 9.59 Å². The lowest BCUT2D eigenvalue weighted by Crippen LogP contribution is -2.16. The minimum absolute atomic E-state index is 0.00587. The van der Waals surface area contributed by atoms with E-state index < -0.39 is 0 Å². The molecular formula is C14H17N3O2. The molecule has 4 N–H and O–H groups in total. The van der Waals surface area contributed by atoms with Crippen LogP contribution in [-0.4, -0.2) is 11.8 Å². The first-order valence-corrected chi connectivity index (χ1v) is 6.61. The number of hydrogen-bond donors (Lipinski definition) is 3. The molecule has 0 spiro atoms. The molecule has 0 bridgehead atoms. The predicted octanol–water partition coefficient (Wildman–Crippen LogP) is 1.77. The maximum Gasteiger partial charge on any atom is 0.233 e. The number of nitrogens with one attached hydrogen (secondary N) is 2. The van der Waals surface area contributed by atoms with Crippen molar-refractivity contribution in [1.82, 2.24) is 0 Å². The van der Waals surface area contributed by atoms with E-state index in [9.17, 15) is 9.59 Å². The molecule has 1 saturated carbocycles. The third-order valence-corrected chi connectivity index (χ3v) is 3.63. The third kappa shape index (κ3) is 2.76. The summed E-state index contributed by atoms with van der Waals surface area (Å²) >= 11 is 0. The van der Waals surface area contributed by atoms with E-state index in [1.54, 1.807) is 6.07 Å². The van der Waals surface area contributed by atoms with Crippen LogP contribution in [-0.2, 0) is 9.59 Å². The highest BCUT2D eigenvalue weighted by molar-refractivity contribution is 6.13. The van der Waals surface area contributed by atoms with E-state index in [2.05, 4.69) is 10.6 Å². The Hall–Kier alpha value is -1.88. The summed E-state index contributed by atoms with van der Waals surface area (Å²) in [7, 11) is 0. The number of benzene rings is 1. The average molecular weight is 259 g/mol. The fourth-order valence-corrected chi connectivity index (χ4v) is 2.39. The van der Waals surface area contributed by atoms with Gasteiger partial charge in [0.1, 0.15) is 6.42 Å². The highest BCUT2D eigenvalue weighted by Crippen LogP contribution is 2.37. The van der Waals surface area contributed by atoms with Crippen LogP contribution in [0.2, 0.25) is 0 Å². The molecule has 3 rings (SSSR count). The summed E-state index contributed by atoms with van der Waals surface area (Å²) < 4.78 is 0. The quantitative estimate of drug-likeness (QED) is 0.723. The standard InChI is InChI=1S/C14H17N3O2/c15-10(5-8-1-2-8)9-3-4-11-12(6-9)17-14(19)7-13(18)16-11/h3-4,6,8,10H,1-2,5,7,15H2,(H,16,18)(H,17,19). The van der Waals surface area contributed by atoms with Gasteiger partial charge >= 0.3 is 0 Å². The number of fused-ring (bicyclic) bond motifs is 1. The maximum atomic E-state index is 11.5. The van der Waals surface area contributed by atoms with Crippen LogP contribution in [0.1, 0.15) is 37.3 Å². The molecule has 2 amide bonds. The summed E-state index contributed by atoms with van der Waals surface area (Å²) in [6.45, 7) is 0. The molecule has 1 heterocycles. The first-order chi connectivity index (χ1) is 9.11. The van der Waals surface area contributed by atoms with E-state index >= 15 is 0 Å². The van der Waals surface area contributed by atoms with E-state index in [1.807, 2.05) is 12.1 Å². The van der Waals surface area contributed by atoms with Gasteiger partial charge in [-0.2, -0.15) is 0 Å². The van der Waals surface area contributed by atoms with Crippen molar-refractivity contribution in [3.05, 3.63) is 23.8 Å². The number of carbonyl (C=O) groups excluding carboxylic acids is 2. The predicted molar refractivity (Wildman–Crippen MR) is 72.6 cm³/mol. The Morgan fingerprint density at radius 1 is 1.16 bits per heavy atom. The maximum absolute atomic E-state index is 11.5. The van der Waals surface area contributed by atoms with Crippen LogP contribution in [0, 0.1) is 5.92 Å². The summed E-state index contributed by atoms with van der Waals surface area (Å²) in [5.41, 5.74) is 8.45. The highest BCUT2D eigenvalue weighted by atomic mass is 16.2. The fraction of sp³-hybridized carbons (Fsp3) is 0.429. The smallest absolute Gasteiger partial charge is 0.233 e. The molecule has 1 aliphatic heterocycles. The number of anilines is 2. The van der Waals surface area contributed by atoms with Crippen LogP contribution in [0.15, 0.2) is 18.2 Å². The molecule has 2 aliphatic rings. The molecule has 19 heavy (non-hydrogen) atoms. The van der Waals surface area contributed by atoms with Gasteiger partial charge < -0.3 is 16.4 Å². The zero-order valence-electron chi connectivity index (χ0n) is 10.6. The SMILES string of the molecule is NC(CC1CC1)c1ccc2c(c1)NC(=O)CC(=O)N2. The van der Waals surface area contributed by atoms with Gasteiger partial charge in [0.05, 0.1) is 11.4 Å². The fourth-order valence-electron chi connectivity index (χ4n) is 2.39. The number of amides is 2. The Kier molecular flexibility index (Phi) is 2.98.